The highest BCUT2D eigenvalue weighted by Gasteiger charge is 2.10. The second-order valence-electron chi connectivity index (χ2n) is 3.61. The number of aryl methyl sites for hydroxylation is 1. The molecule has 3 aromatic rings. The van der Waals surface area contributed by atoms with Gasteiger partial charge in [0.05, 0.1) is 11.0 Å². The normalized spacial score (nSPS) is 10.9. The predicted octanol–water partition coefficient (Wildman–Crippen LogP) is 2.52. The summed E-state index contributed by atoms with van der Waals surface area (Å²) in [7, 11) is 0. The van der Waals surface area contributed by atoms with Crippen molar-refractivity contribution in [3.05, 3.63) is 30.1 Å². The first-order chi connectivity index (χ1) is 8.72. The highest BCUT2D eigenvalue weighted by atomic mass is 32.2. The van der Waals surface area contributed by atoms with Crippen LogP contribution in [0, 0.1) is 6.92 Å². The largest absolute Gasteiger partial charge is 0.381 e. The van der Waals surface area contributed by atoms with E-state index in [2.05, 4.69) is 19.3 Å². The number of fused-ring (bicyclic) bond motifs is 1. The lowest BCUT2D eigenvalue weighted by atomic mass is 10.3. The van der Waals surface area contributed by atoms with Crippen molar-refractivity contribution in [1.29, 1.82) is 0 Å². The van der Waals surface area contributed by atoms with Gasteiger partial charge in [0, 0.05) is 0 Å². The summed E-state index contributed by atoms with van der Waals surface area (Å²) in [5.74, 6) is 1.18. The minimum absolute atomic E-state index is 0.423. The molecule has 0 radical (unpaired) electrons. The molecule has 0 atom stereocenters. The van der Waals surface area contributed by atoms with E-state index in [9.17, 15) is 0 Å². The molecule has 1 aromatic carbocycles. The van der Waals surface area contributed by atoms with Gasteiger partial charge in [-0.25, -0.2) is 15.0 Å². The Balaban J connectivity index is 2.03. The van der Waals surface area contributed by atoms with Crippen molar-refractivity contribution < 1.29 is 0 Å². The van der Waals surface area contributed by atoms with Gasteiger partial charge in [0.1, 0.15) is 10.9 Å². The summed E-state index contributed by atoms with van der Waals surface area (Å²) in [6, 6.07) is 7.65. The molecule has 5 nitrogen and oxygen atoms in total. The monoisotopic (exact) mass is 275 g/mol. The number of para-hydroxylation sites is 2. The zero-order valence-corrected chi connectivity index (χ0v) is 11.1. The smallest absolute Gasteiger partial charge is 0.176 e. The lowest BCUT2D eigenvalue weighted by Crippen LogP contribution is -1.97. The van der Waals surface area contributed by atoms with E-state index in [0.717, 1.165) is 21.2 Å². The van der Waals surface area contributed by atoms with E-state index in [1.807, 2.05) is 31.2 Å². The van der Waals surface area contributed by atoms with Gasteiger partial charge in [-0.05, 0) is 42.4 Å². The quantitative estimate of drug-likeness (QED) is 0.774. The van der Waals surface area contributed by atoms with Crippen LogP contribution >= 0.6 is 23.3 Å². The van der Waals surface area contributed by atoms with Crippen LogP contribution in [0.2, 0.25) is 0 Å². The van der Waals surface area contributed by atoms with Crippen molar-refractivity contribution in [2.45, 2.75) is 16.3 Å². The number of hydrogen-bond acceptors (Lipinski definition) is 7. The Morgan fingerprint density at radius 1 is 1.11 bits per heavy atom. The third kappa shape index (κ3) is 2.14. The third-order valence-electron chi connectivity index (χ3n) is 2.26. The Labute approximate surface area is 112 Å². The predicted molar refractivity (Wildman–Crippen MR) is 72.7 cm³/mol. The van der Waals surface area contributed by atoms with Crippen molar-refractivity contribution in [1.82, 2.24) is 19.3 Å². The lowest BCUT2D eigenvalue weighted by Gasteiger charge is -2.03. The van der Waals surface area contributed by atoms with E-state index in [1.165, 1.54) is 23.3 Å². The Morgan fingerprint density at radius 2 is 1.83 bits per heavy atom. The van der Waals surface area contributed by atoms with Gasteiger partial charge in [0.15, 0.2) is 10.2 Å². The van der Waals surface area contributed by atoms with Crippen molar-refractivity contribution in [2.24, 2.45) is 0 Å². The first kappa shape index (κ1) is 11.4. The highest BCUT2D eigenvalue weighted by molar-refractivity contribution is 8.01. The van der Waals surface area contributed by atoms with Crippen LogP contribution in [0.3, 0.4) is 0 Å². The maximum atomic E-state index is 5.90. The molecular weight excluding hydrogens is 266 g/mol. The van der Waals surface area contributed by atoms with Crippen molar-refractivity contribution in [3.63, 3.8) is 0 Å². The first-order valence-electron chi connectivity index (χ1n) is 5.23. The number of anilines is 1. The summed E-state index contributed by atoms with van der Waals surface area (Å²) in [6.07, 6.45) is 0. The van der Waals surface area contributed by atoms with Crippen molar-refractivity contribution in [2.75, 3.05) is 5.73 Å². The second kappa shape index (κ2) is 4.51. The Morgan fingerprint density at radius 3 is 2.50 bits per heavy atom. The van der Waals surface area contributed by atoms with E-state index >= 15 is 0 Å². The van der Waals surface area contributed by atoms with Crippen LogP contribution in [0.1, 0.15) is 5.82 Å². The van der Waals surface area contributed by atoms with Gasteiger partial charge in [0.25, 0.3) is 0 Å². The van der Waals surface area contributed by atoms with Gasteiger partial charge in [0.2, 0.25) is 0 Å². The third-order valence-corrected chi connectivity index (χ3v) is 4.09. The minimum Gasteiger partial charge on any atom is -0.381 e. The number of rotatable bonds is 2. The molecular formula is C11H9N5S2. The molecule has 3 rings (SSSR count). The van der Waals surface area contributed by atoms with Crippen LogP contribution in [-0.2, 0) is 0 Å². The molecule has 0 aliphatic carbocycles. The van der Waals surface area contributed by atoms with E-state index in [1.54, 1.807) is 0 Å². The molecule has 2 aromatic heterocycles. The van der Waals surface area contributed by atoms with Gasteiger partial charge >= 0.3 is 0 Å². The molecule has 2 N–H and O–H groups in total. The summed E-state index contributed by atoms with van der Waals surface area (Å²) in [5, 5.41) is 0.671. The standard InChI is InChI=1S/C11H9N5S2/c1-6-13-11(18-16-6)17-10-9(12)14-7-4-2-3-5-8(7)15-10/h2-5H,1H3,(H2,12,14). The Kier molecular flexibility index (Phi) is 2.85. The van der Waals surface area contributed by atoms with E-state index in [0.29, 0.717) is 10.8 Å². The van der Waals surface area contributed by atoms with Gasteiger partial charge in [-0.1, -0.05) is 12.1 Å². The molecule has 18 heavy (non-hydrogen) atoms. The average Bonchev–Trinajstić information content (AvgIpc) is 2.76. The summed E-state index contributed by atoms with van der Waals surface area (Å²) in [6.45, 7) is 1.86. The van der Waals surface area contributed by atoms with Gasteiger partial charge < -0.3 is 5.73 Å². The van der Waals surface area contributed by atoms with Crippen LogP contribution in [-0.4, -0.2) is 19.3 Å². The maximum absolute atomic E-state index is 5.90. The lowest BCUT2D eigenvalue weighted by molar-refractivity contribution is 1.09. The van der Waals surface area contributed by atoms with E-state index in [4.69, 9.17) is 5.73 Å². The first-order valence-corrected chi connectivity index (χ1v) is 6.82. The minimum atomic E-state index is 0.423. The average molecular weight is 275 g/mol. The van der Waals surface area contributed by atoms with Crippen molar-refractivity contribution in [3.8, 4) is 0 Å². The zero-order valence-electron chi connectivity index (χ0n) is 9.49. The van der Waals surface area contributed by atoms with Gasteiger partial charge in [-0.15, -0.1) is 0 Å². The second-order valence-corrected chi connectivity index (χ2v) is 5.60. The fraction of sp³-hybridized carbons (Fsp3) is 0.0909. The number of nitrogens with two attached hydrogens (primary N) is 1. The van der Waals surface area contributed by atoms with E-state index < -0.39 is 0 Å². The Hall–Kier alpha value is -1.73. The van der Waals surface area contributed by atoms with Gasteiger partial charge in [-0.3, -0.25) is 0 Å². The maximum Gasteiger partial charge on any atom is 0.176 e. The fourth-order valence-electron chi connectivity index (χ4n) is 1.47. The molecule has 0 aliphatic heterocycles. The number of nitrogens with zero attached hydrogens (tertiary/aromatic N) is 4. The summed E-state index contributed by atoms with van der Waals surface area (Å²) < 4.78 is 4.95. The molecule has 0 bridgehead atoms. The molecule has 90 valence electrons. The van der Waals surface area contributed by atoms with Crippen LogP contribution in [0.25, 0.3) is 11.0 Å². The summed E-state index contributed by atoms with van der Waals surface area (Å²) in [4.78, 5) is 13.1. The van der Waals surface area contributed by atoms with Crippen LogP contribution in [0.15, 0.2) is 33.6 Å². The summed E-state index contributed by atoms with van der Waals surface area (Å²) >= 11 is 2.73. The zero-order chi connectivity index (χ0) is 12.5. The molecule has 2 heterocycles. The SMILES string of the molecule is Cc1nsc(Sc2nc3ccccc3nc2N)n1. The fourth-order valence-corrected chi connectivity index (χ4v) is 3.03. The molecule has 0 fully saturated rings. The molecule has 0 aliphatic rings. The number of nitrogen functional groups attached to an aromatic ring is 1. The molecule has 0 saturated heterocycles. The van der Waals surface area contributed by atoms with Crippen molar-refractivity contribution >= 4 is 40.1 Å². The Bertz CT molecular complexity index is 709. The molecule has 0 spiro atoms. The highest BCUT2D eigenvalue weighted by Crippen LogP contribution is 2.31. The topological polar surface area (TPSA) is 77.6 Å². The van der Waals surface area contributed by atoms with Crippen LogP contribution < -0.4 is 5.73 Å². The van der Waals surface area contributed by atoms with Crippen LogP contribution in [0.4, 0.5) is 5.82 Å². The molecule has 7 heteroatoms. The number of benzene rings is 1. The van der Waals surface area contributed by atoms with Crippen LogP contribution in [0.5, 0.6) is 0 Å². The number of hydrogen-bond donors (Lipinski definition) is 1. The summed E-state index contributed by atoms with van der Waals surface area (Å²) in [5.41, 5.74) is 7.53. The van der Waals surface area contributed by atoms with Gasteiger partial charge in [-0.2, -0.15) is 4.37 Å². The molecule has 0 amide bonds. The van der Waals surface area contributed by atoms with E-state index in [-0.39, 0.29) is 0 Å². The number of aromatic nitrogens is 4. The molecule has 0 saturated carbocycles. The molecule has 0 unspecified atom stereocenters.